The third kappa shape index (κ3) is 5.25. The van der Waals surface area contributed by atoms with Crippen molar-refractivity contribution in [2.24, 2.45) is 0 Å². The van der Waals surface area contributed by atoms with Crippen molar-refractivity contribution in [2.45, 2.75) is 20.3 Å². The molecule has 4 rings (SSSR count). The summed E-state index contributed by atoms with van der Waals surface area (Å²) in [6.07, 6.45) is 0.644. The zero-order chi connectivity index (χ0) is 25.8. The van der Waals surface area contributed by atoms with E-state index >= 15 is 0 Å². The lowest BCUT2D eigenvalue weighted by Crippen LogP contribution is -2.30. The van der Waals surface area contributed by atoms with Crippen molar-refractivity contribution >= 4 is 5.91 Å². The Kier molecular flexibility index (Phi) is 7.38. The lowest BCUT2D eigenvalue weighted by molar-refractivity contribution is 0.0787. The van der Waals surface area contributed by atoms with E-state index in [0.29, 0.717) is 35.9 Å². The summed E-state index contributed by atoms with van der Waals surface area (Å²) in [6, 6.07) is 19.7. The fourth-order valence-corrected chi connectivity index (χ4v) is 4.06. The summed E-state index contributed by atoms with van der Waals surface area (Å²) in [5, 5.41) is 4.76. The van der Waals surface area contributed by atoms with Crippen LogP contribution in [0.5, 0.6) is 11.5 Å². The molecule has 0 bridgehead atoms. The number of likely N-dealkylation sites (N-methyl/N-ethyl adjacent to an activating group) is 1. The van der Waals surface area contributed by atoms with Gasteiger partial charge in [-0.05, 0) is 85.5 Å². The van der Waals surface area contributed by atoms with E-state index in [1.165, 1.54) is 12.1 Å². The summed E-state index contributed by atoms with van der Waals surface area (Å²) in [6.45, 7) is 4.49. The summed E-state index contributed by atoms with van der Waals surface area (Å²) >= 11 is 0. The van der Waals surface area contributed by atoms with Gasteiger partial charge in [0.15, 0.2) is 11.5 Å². The molecular weight excluding hydrogens is 457 g/mol. The molecule has 0 fully saturated rings. The standard InChI is InChI=1S/C29H30FN3O3/c1-19-6-7-20(2)25(16-19)33-26(18-24(31-33)22-9-11-23(30)12-10-22)29(34)32(3)15-14-21-8-13-27(35-4)28(17-21)36-5/h6-13,16-18H,14-15H2,1-5H3. The summed E-state index contributed by atoms with van der Waals surface area (Å²) in [5.74, 6) is 0.841. The number of amides is 1. The molecule has 0 saturated carbocycles. The molecule has 0 radical (unpaired) electrons. The first-order chi connectivity index (χ1) is 17.3. The fourth-order valence-electron chi connectivity index (χ4n) is 4.06. The van der Waals surface area contributed by atoms with E-state index in [4.69, 9.17) is 14.6 Å². The average Bonchev–Trinajstić information content (AvgIpc) is 3.33. The second-order valence-corrected chi connectivity index (χ2v) is 8.79. The molecule has 0 aliphatic heterocycles. The molecule has 1 aromatic heterocycles. The Morgan fingerprint density at radius 2 is 1.67 bits per heavy atom. The fraction of sp³-hybridized carbons (Fsp3) is 0.241. The van der Waals surface area contributed by atoms with Crippen LogP contribution >= 0.6 is 0 Å². The Balaban J connectivity index is 1.65. The van der Waals surface area contributed by atoms with E-state index in [-0.39, 0.29) is 11.7 Å². The Morgan fingerprint density at radius 1 is 0.944 bits per heavy atom. The predicted molar refractivity (Wildman–Crippen MR) is 139 cm³/mol. The molecule has 0 saturated heterocycles. The number of ether oxygens (including phenoxy) is 2. The molecule has 4 aromatic rings. The first-order valence-electron chi connectivity index (χ1n) is 11.7. The van der Waals surface area contributed by atoms with Crippen molar-refractivity contribution in [3.63, 3.8) is 0 Å². The number of nitrogens with zero attached hydrogens (tertiary/aromatic N) is 3. The lowest BCUT2D eigenvalue weighted by atomic mass is 10.1. The molecule has 1 heterocycles. The highest BCUT2D eigenvalue weighted by atomic mass is 19.1. The maximum absolute atomic E-state index is 13.6. The van der Waals surface area contributed by atoms with Gasteiger partial charge >= 0.3 is 0 Å². The smallest absolute Gasteiger partial charge is 0.272 e. The highest BCUT2D eigenvalue weighted by Crippen LogP contribution is 2.28. The largest absolute Gasteiger partial charge is 0.493 e. The highest BCUT2D eigenvalue weighted by Gasteiger charge is 2.22. The lowest BCUT2D eigenvalue weighted by Gasteiger charge is -2.19. The summed E-state index contributed by atoms with van der Waals surface area (Å²) < 4.78 is 25.9. The molecule has 0 aliphatic carbocycles. The van der Waals surface area contributed by atoms with Gasteiger partial charge in [0.25, 0.3) is 5.91 Å². The van der Waals surface area contributed by atoms with Gasteiger partial charge in [-0.25, -0.2) is 9.07 Å². The predicted octanol–water partition coefficient (Wildman–Crippen LogP) is 5.63. The van der Waals surface area contributed by atoms with Gasteiger partial charge in [0.2, 0.25) is 0 Å². The molecule has 0 unspecified atom stereocenters. The SMILES string of the molecule is COc1ccc(CCN(C)C(=O)c2cc(-c3ccc(F)cc3)nn2-c2cc(C)ccc2C)cc1OC. The van der Waals surface area contributed by atoms with E-state index in [9.17, 15) is 9.18 Å². The molecule has 3 aromatic carbocycles. The van der Waals surface area contributed by atoms with Crippen molar-refractivity contribution in [3.05, 3.63) is 94.9 Å². The van der Waals surface area contributed by atoms with Gasteiger partial charge in [-0.2, -0.15) is 5.10 Å². The van der Waals surface area contributed by atoms with Crippen molar-refractivity contribution in [1.82, 2.24) is 14.7 Å². The van der Waals surface area contributed by atoms with Crippen molar-refractivity contribution in [3.8, 4) is 28.4 Å². The average molecular weight is 488 g/mol. The third-order valence-electron chi connectivity index (χ3n) is 6.19. The highest BCUT2D eigenvalue weighted by molar-refractivity contribution is 5.94. The Morgan fingerprint density at radius 3 is 2.36 bits per heavy atom. The molecule has 186 valence electrons. The van der Waals surface area contributed by atoms with Gasteiger partial charge in [0.05, 0.1) is 25.6 Å². The summed E-state index contributed by atoms with van der Waals surface area (Å²) in [5.41, 5.74) is 5.71. The minimum Gasteiger partial charge on any atom is -0.493 e. The second kappa shape index (κ2) is 10.6. The molecule has 36 heavy (non-hydrogen) atoms. The number of aromatic nitrogens is 2. The first kappa shape index (κ1) is 25.0. The minimum absolute atomic E-state index is 0.155. The zero-order valence-electron chi connectivity index (χ0n) is 21.2. The van der Waals surface area contributed by atoms with Crippen LogP contribution in [0.2, 0.25) is 0 Å². The first-order valence-corrected chi connectivity index (χ1v) is 11.7. The minimum atomic E-state index is -0.320. The monoisotopic (exact) mass is 487 g/mol. The number of benzene rings is 3. The number of hydrogen-bond donors (Lipinski definition) is 0. The van der Waals surface area contributed by atoms with Crippen molar-refractivity contribution in [1.29, 1.82) is 0 Å². The number of rotatable bonds is 8. The van der Waals surface area contributed by atoms with Crippen LogP contribution in [-0.2, 0) is 6.42 Å². The van der Waals surface area contributed by atoms with Crippen LogP contribution in [0.15, 0.2) is 66.7 Å². The molecule has 0 aliphatic rings. The quantitative estimate of drug-likeness (QED) is 0.323. The number of halogens is 1. The number of methoxy groups -OCH3 is 2. The molecule has 0 spiro atoms. The molecular formula is C29H30FN3O3. The summed E-state index contributed by atoms with van der Waals surface area (Å²) in [4.78, 5) is 15.3. The van der Waals surface area contributed by atoms with Crippen molar-refractivity contribution < 1.29 is 18.7 Å². The van der Waals surface area contributed by atoms with Gasteiger partial charge < -0.3 is 14.4 Å². The van der Waals surface area contributed by atoms with Crippen molar-refractivity contribution in [2.75, 3.05) is 27.8 Å². The molecule has 1 amide bonds. The summed E-state index contributed by atoms with van der Waals surface area (Å²) in [7, 11) is 4.98. The molecule has 0 N–H and O–H groups in total. The van der Waals surface area contributed by atoms with Crippen LogP contribution < -0.4 is 9.47 Å². The Bertz CT molecular complexity index is 1380. The van der Waals surface area contributed by atoms with Gasteiger partial charge in [0.1, 0.15) is 11.5 Å². The number of aryl methyl sites for hydroxylation is 2. The van der Waals surface area contributed by atoms with Crippen LogP contribution in [0, 0.1) is 19.7 Å². The van der Waals surface area contributed by atoms with Crippen LogP contribution in [0.25, 0.3) is 16.9 Å². The van der Waals surface area contributed by atoms with E-state index < -0.39 is 0 Å². The van der Waals surface area contributed by atoms with Gasteiger partial charge in [-0.1, -0.05) is 18.2 Å². The topological polar surface area (TPSA) is 56.6 Å². The van der Waals surface area contributed by atoms with E-state index in [2.05, 4.69) is 0 Å². The van der Waals surface area contributed by atoms with Crippen LogP contribution in [0.3, 0.4) is 0 Å². The van der Waals surface area contributed by atoms with E-state index in [0.717, 1.165) is 27.9 Å². The maximum Gasteiger partial charge on any atom is 0.272 e. The third-order valence-corrected chi connectivity index (χ3v) is 6.19. The molecule has 6 nitrogen and oxygen atoms in total. The second-order valence-electron chi connectivity index (χ2n) is 8.79. The van der Waals surface area contributed by atoms with Gasteiger partial charge in [-0.15, -0.1) is 0 Å². The van der Waals surface area contributed by atoms with Crippen LogP contribution in [-0.4, -0.2) is 48.4 Å². The Labute approximate surface area is 210 Å². The van der Waals surface area contributed by atoms with Gasteiger partial charge in [-0.3, -0.25) is 4.79 Å². The number of carbonyl (C=O) groups excluding carboxylic acids is 1. The molecule has 7 heteroatoms. The Hall–Kier alpha value is -4.13. The van der Waals surface area contributed by atoms with Crippen LogP contribution in [0.1, 0.15) is 27.2 Å². The van der Waals surface area contributed by atoms with E-state index in [1.54, 1.807) is 49.0 Å². The van der Waals surface area contributed by atoms with Crippen LogP contribution in [0.4, 0.5) is 4.39 Å². The molecule has 0 atom stereocenters. The number of hydrogen-bond acceptors (Lipinski definition) is 4. The zero-order valence-corrected chi connectivity index (χ0v) is 21.2. The number of carbonyl (C=O) groups is 1. The van der Waals surface area contributed by atoms with Gasteiger partial charge in [0, 0.05) is 19.2 Å². The normalized spacial score (nSPS) is 10.8. The van der Waals surface area contributed by atoms with E-state index in [1.807, 2.05) is 50.2 Å². The maximum atomic E-state index is 13.6.